The number of amides is 1. The number of benzene rings is 1. The molecule has 0 aromatic heterocycles. The fraction of sp³-hybridized carbons (Fsp3) is 0.222. The largest absolute Gasteiger partial charge is 0.271 e. The molecule has 0 aliphatic carbocycles. The summed E-state index contributed by atoms with van der Waals surface area (Å²) < 4.78 is 0. The lowest BCUT2D eigenvalue weighted by Crippen LogP contribution is -1.95. The van der Waals surface area contributed by atoms with E-state index in [0.29, 0.717) is 11.4 Å². The van der Waals surface area contributed by atoms with Crippen molar-refractivity contribution in [2.75, 3.05) is 0 Å². The molecule has 0 fully saturated rings. The smallest absolute Gasteiger partial charge is 0.266 e. The number of azo groups is 1. The molecule has 1 aliphatic heterocycles. The summed E-state index contributed by atoms with van der Waals surface area (Å²) in [7, 11) is 0. The number of nitrogens with zero attached hydrogens (tertiary/aromatic N) is 2. The molecule has 1 heterocycles. The van der Waals surface area contributed by atoms with Crippen LogP contribution in [-0.4, -0.2) is 5.91 Å². The van der Waals surface area contributed by atoms with Gasteiger partial charge < -0.3 is 0 Å². The average Bonchev–Trinajstić information content (AvgIpc) is 2.53. The van der Waals surface area contributed by atoms with Crippen molar-refractivity contribution in [1.29, 1.82) is 0 Å². The molecule has 1 amide bonds. The maximum atomic E-state index is 10.8. The monoisotopic (exact) mass is 194 g/mol. The van der Waals surface area contributed by atoms with Crippen molar-refractivity contribution in [1.82, 2.24) is 0 Å². The Morgan fingerprint density at radius 1 is 1.38 bits per heavy atom. The van der Waals surface area contributed by atoms with E-state index in [1.165, 1.54) is 0 Å². The van der Waals surface area contributed by atoms with Crippen LogP contribution < -0.4 is 0 Å². The van der Waals surface area contributed by atoms with E-state index in [2.05, 4.69) is 10.2 Å². The highest BCUT2D eigenvalue weighted by molar-refractivity contribution is 6.31. The zero-order valence-corrected chi connectivity index (χ0v) is 7.53. The Morgan fingerprint density at radius 3 is 2.77 bits per heavy atom. The topological polar surface area (TPSA) is 41.8 Å². The zero-order valence-electron chi connectivity index (χ0n) is 6.77. The lowest BCUT2D eigenvalue weighted by Gasteiger charge is -2.05. The van der Waals surface area contributed by atoms with Crippen LogP contribution in [-0.2, 0) is 4.79 Å². The van der Waals surface area contributed by atoms with Gasteiger partial charge in [0.25, 0.3) is 5.91 Å². The number of carbonyl (C=O) groups excluding carboxylic acids is 1. The van der Waals surface area contributed by atoms with Crippen LogP contribution >= 0.6 is 11.6 Å². The molecule has 13 heavy (non-hydrogen) atoms. The highest BCUT2D eigenvalue weighted by Gasteiger charge is 2.22. The fourth-order valence-corrected chi connectivity index (χ4v) is 1.56. The Hall–Kier alpha value is -1.22. The summed E-state index contributed by atoms with van der Waals surface area (Å²) >= 11 is 5.94. The van der Waals surface area contributed by atoms with E-state index in [4.69, 9.17) is 11.6 Å². The minimum atomic E-state index is -0.179. The zero-order chi connectivity index (χ0) is 9.26. The molecule has 1 atom stereocenters. The van der Waals surface area contributed by atoms with Gasteiger partial charge in [-0.3, -0.25) is 4.79 Å². The SMILES string of the molecule is O=C1CC(c2ccccc2Cl)N=N1. The molecule has 0 saturated heterocycles. The average molecular weight is 195 g/mol. The predicted molar refractivity (Wildman–Crippen MR) is 48.7 cm³/mol. The third kappa shape index (κ3) is 1.60. The summed E-state index contributed by atoms with van der Waals surface area (Å²) in [6.07, 6.45) is 0.337. The number of hydrogen-bond donors (Lipinski definition) is 0. The van der Waals surface area contributed by atoms with E-state index in [1.54, 1.807) is 6.07 Å². The lowest BCUT2D eigenvalue weighted by atomic mass is 10.1. The van der Waals surface area contributed by atoms with Crippen LogP contribution in [0, 0.1) is 0 Å². The molecule has 1 aliphatic rings. The number of carbonyl (C=O) groups is 1. The lowest BCUT2D eigenvalue weighted by molar-refractivity contribution is -0.117. The van der Waals surface area contributed by atoms with Gasteiger partial charge in [0.05, 0.1) is 6.42 Å². The van der Waals surface area contributed by atoms with Gasteiger partial charge in [-0.15, -0.1) is 5.11 Å². The molecule has 0 saturated carbocycles. The summed E-state index contributed by atoms with van der Waals surface area (Å²) in [4.78, 5) is 10.8. The van der Waals surface area contributed by atoms with Gasteiger partial charge in [0.2, 0.25) is 0 Å². The molecule has 0 radical (unpaired) electrons. The van der Waals surface area contributed by atoms with Crippen LogP contribution in [0.5, 0.6) is 0 Å². The molecule has 66 valence electrons. The summed E-state index contributed by atoms with van der Waals surface area (Å²) in [6, 6.07) is 7.19. The van der Waals surface area contributed by atoms with Crippen molar-refractivity contribution in [3.63, 3.8) is 0 Å². The quantitative estimate of drug-likeness (QED) is 0.678. The normalized spacial score (nSPS) is 21.0. The Bertz CT molecular complexity index is 376. The molecule has 0 spiro atoms. The molecule has 0 bridgehead atoms. The first-order chi connectivity index (χ1) is 6.27. The number of halogens is 1. The first-order valence-electron chi connectivity index (χ1n) is 3.95. The minimum Gasteiger partial charge on any atom is -0.271 e. The second-order valence-corrected chi connectivity index (χ2v) is 3.26. The van der Waals surface area contributed by atoms with Gasteiger partial charge in [-0.1, -0.05) is 29.8 Å². The highest BCUT2D eigenvalue weighted by atomic mass is 35.5. The van der Waals surface area contributed by atoms with Crippen LogP contribution in [0.4, 0.5) is 0 Å². The van der Waals surface area contributed by atoms with Crippen LogP contribution in [0.2, 0.25) is 5.02 Å². The first-order valence-corrected chi connectivity index (χ1v) is 4.33. The standard InChI is InChI=1S/C9H7ClN2O/c10-7-4-2-1-3-6(7)8-5-9(13)12-11-8/h1-4,8H,5H2. The molecular weight excluding hydrogens is 188 g/mol. The predicted octanol–water partition coefficient (Wildman–Crippen LogP) is 2.76. The Kier molecular flexibility index (Phi) is 2.10. The summed E-state index contributed by atoms with van der Waals surface area (Å²) in [5, 5.41) is 7.94. The first kappa shape index (κ1) is 8.38. The second kappa shape index (κ2) is 3.26. The van der Waals surface area contributed by atoms with Gasteiger partial charge in [-0.2, -0.15) is 5.11 Å². The Balaban J connectivity index is 2.32. The molecule has 4 heteroatoms. The van der Waals surface area contributed by atoms with Crippen LogP contribution in [0.3, 0.4) is 0 Å². The van der Waals surface area contributed by atoms with Gasteiger partial charge >= 0.3 is 0 Å². The van der Waals surface area contributed by atoms with Crippen molar-refractivity contribution in [3.8, 4) is 0 Å². The van der Waals surface area contributed by atoms with Crippen molar-refractivity contribution in [3.05, 3.63) is 34.9 Å². The maximum absolute atomic E-state index is 10.8. The molecule has 1 aromatic rings. The van der Waals surface area contributed by atoms with Crippen molar-refractivity contribution in [2.45, 2.75) is 12.5 Å². The molecule has 2 rings (SSSR count). The summed E-state index contributed by atoms with van der Waals surface area (Å²) in [6.45, 7) is 0. The van der Waals surface area contributed by atoms with Crippen LogP contribution in [0.15, 0.2) is 34.5 Å². The van der Waals surface area contributed by atoms with E-state index in [0.717, 1.165) is 5.56 Å². The van der Waals surface area contributed by atoms with Crippen LogP contribution in [0.1, 0.15) is 18.0 Å². The van der Waals surface area contributed by atoms with Gasteiger partial charge in [0.15, 0.2) is 0 Å². The van der Waals surface area contributed by atoms with E-state index in [1.807, 2.05) is 18.2 Å². The van der Waals surface area contributed by atoms with Gasteiger partial charge in [0.1, 0.15) is 6.04 Å². The molecule has 3 nitrogen and oxygen atoms in total. The molecule has 1 unspecified atom stereocenters. The van der Waals surface area contributed by atoms with Gasteiger partial charge in [-0.25, -0.2) is 0 Å². The highest BCUT2D eigenvalue weighted by Crippen LogP contribution is 2.31. The van der Waals surface area contributed by atoms with Gasteiger partial charge in [0, 0.05) is 5.02 Å². The third-order valence-electron chi connectivity index (χ3n) is 1.94. The van der Waals surface area contributed by atoms with E-state index in [9.17, 15) is 4.79 Å². The van der Waals surface area contributed by atoms with Gasteiger partial charge in [-0.05, 0) is 11.6 Å². The number of hydrogen-bond acceptors (Lipinski definition) is 2. The van der Waals surface area contributed by atoms with Crippen molar-refractivity contribution in [2.24, 2.45) is 10.2 Å². The third-order valence-corrected chi connectivity index (χ3v) is 2.29. The Morgan fingerprint density at radius 2 is 2.15 bits per heavy atom. The fourth-order valence-electron chi connectivity index (χ4n) is 1.30. The van der Waals surface area contributed by atoms with E-state index < -0.39 is 0 Å². The summed E-state index contributed by atoms with van der Waals surface area (Å²) in [5.74, 6) is -0.176. The van der Waals surface area contributed by atoms with E-state index in [-0.39, 0.29) is 11.9 Å². The maximum Gasteiger partial charge on any atom is 0.266 e. The minimum absolute atomic E-state index is 0.176. The van der Waals surface area contributed by atoms with Crippen LogP contribution in [0.25, 0.3) is 0 Å². The van der Waals surface area contributed by atoms with Crippen molar-refractivity contribution < 1.29 is 4.79 Å². The van der Waals surface area contributed by atoms with Crippen molar-refractivity contribution >= 4 is 17.5 Å². The Labute approximate surface area is 80.4 Å². The molecule has 1 aromatic carbocycles. The molecule has 0 N–H and O–H groups in total. The van der Waals surface area contributed by atoms with E-state index >= 15 is 0 Å². The molecular formula is C9H7ClN2O. The summed E-state index contributed by atoms with van der Waals surface area (Å²) in [5.41, 5.74) is 0.874. The number of rotatable bonds is 1. The second-order valence-electron chi connectivity index (χ2n) is 2.85.